The van der Waals surface area contributed by atoms with Crippen molar-refractivity contribution in [3.05, 3.63) is 0 Å². The van der Waals surface area contributed by atoms with Crippen molar-refractivity contribution in [1.82, 2.24) is 5.32 Å². The Morgan fingerprint density at radius 3 is 2.18 bits per heavy atom. The molecule has 0 aromatic carbocycles. The number of hydrogen-bond acceptors (Lipinski definition) is 3. The van der Waals surface area contributed by atoms with Crippen LogP contribution in [0, 0.1) is 0 Å². The van der Waals surface area contributed by atoms with Gasteiger partial charge in [-0.25, -0.2) is 0 Å². The predicted molar refractivity (Wildman–Crippen MR) is 68.7 cm³/mol. The summed E-state index contributed by atoms with van der Waals surface area (Å²) < 4.78 is 0. The topological polar surface area (TPSA) is 92.4 Å². The van der Waals surface area contributed by atoms with E-state index in [1.54, 1.807) is 0 Å². The Balaban J connectivity index is 0. The number of amides is 1. The van der Waals surface area contributed by atoms with Gasteiger partial charge in [-0.2, -0.15) is 0 Å². The third-order valence-corrected chi connectivity index (χ3v) is 2.15. The minimum Gasteiger partial charge on any atom is -0.480 e. The molecule has 102 valence electrons. The summed E-state index contributed by atoms with van der Waals surface area (Å²) in [6, 6.07) is -0.731. The standard InChI is InChI=1S/C9H19NO.C3H7NO2/c1-2-3-4-5-6-7-8-10-9-11;1-2(4)3(5)6/h9H,2-8H2,1H3,(H,10,11);2H,4H2,1H3,(H,5,6)/t;2-/m.0/s1. The van der Waals surface area contributed by atoms with E-state index in [-0.39, 0.29) is 0 Å². The molecular formula is C12H26N2O3. The van der Waals surface area contributed by atoms with Crippen molar-refractivity contribution < 1.29 is 14.7 Å². The van der Waals surface area contributed by atoms with Crippen LogP contribution in [-0.2, 0) is 9.59 Å². The SMILES string of the molecule is CCCCCCCCNC=O.C[C@H](N)C(=O)O. The van der Waals surface area contributed by atoms with Crippen molar-refractivity contribution in [2.75, 3.05) is 6.54 Å². The lowest BCUT2D eigenvalue weighted by Crippen LogP contribution is -2.25. The first-order valence-electron chi connectivity index (χ1n) is 6.21. The summed E-state index contributed by atoms with van der Waals surface area (Å²) >= 11 is 0. The van der Waals surface area contributed by atoms with E-state index in [0.29, 0.717) is 0 Å². The zero-order chi connectivity index (χ0) is 13.5. The Hall–Kier alpha value is -1.10. The van der Waals surface area contributed by atoms with Crippen LogP contribution in [-0.4, -0.2) is 30.1 Å². The average Bonchev–Trinajstić information content (AvgIpc) is 2.29. The number of carboxylic acids is 1. The molecular weight excluding hydrogens is 220 g/mol. The Morgan fingerprint density at radius 1 is 1.29 bits per heavy atom. The molecule has 0 aromatic rings. The van der Waals surface area contributed by atoms with Crippen molar-refractivity contribution in [3.63, 3.8) is 0 Å². The van der Waals surface area contributed by atoms with E-state index in [0.717, 1.165) is 19.4 Å². The molecule has 1 atom stereocenters. The third kappa shape index (κ3) is 20.9. The number of nitrogens with two attached hydrogens (primary N) is 1. The molecule has 0 heterocycles. The van der Waals surface area contributed by atoms with Crippen LogP contribution in [0.3, 0.4) is 0 Å². The van der Waals surface area contributed by atoms with Gasteiger partial charge in [0.2, 0.25) is 6.41 Å². The van der Waals surface area contributed by atoms with Gasteiger partial charge < -0.3 is 16.2 Å². The van der Waals surface area contributed by atoms with Gasteiger partial charge in [-0.3, -0.25) is 9.59 Å². The van der Waals surface area contributed by atoms with Crippen LogP contribution in [0.5, 0.6) is 0 Å². The zero-order valence-electron chi connectivity index (χ0n) is 10.9. The lowest BCUT2D eigenvalue weighted by Gasteiger charge is -1.98. The van der Waals surface area contributed by atoms with E-state index in [4.69, 9.17) is 10.8 Å². The number of rotatable bonds is 9. The lowest BCUT2D eigenvalue weighted by molar-refractivity contribution is -0.138. The molecule has 0 rings (SSSR count). The second kappa shape index (κ2) is 14.9. The maximum absolute atomic E-state index is 9.83. The Kier molecular flexibility index (Phi) is 16.0. The highest BCUT2D eigenvalue weighted by Gasteiger charge is 1.99. The van der Waals surface area contributed by atoms with Crippen LogP contribution in [0.2, 0.25) is 0 Å². The first kappa shape index (κ1) is 18.3. The summed E-state index contributed by atoms with van der Waals surface area (Å²) in [5.41, 5.74) is 4.84. The maximum Gasteiger partial charge on any atom is 0.320 e. The van der Waals surface area contributed by atoms with Gasteiger partial charge in [-0.05, 0) is 13.3 Å². The molecule has 0 aliphatic heterocycles. The molecule has 0 radical (unpaired) electrons. The highest BCUT2D eigenvalue weighted by atomic mass is 16.4. The fourth-order valence-electron chi connectivity index (χ4n) is 1.07. The Bertz CT molecular complexity index is 185. The first-order valence-corrected chi connectivity index (χ1v) is 6.21. The fourth-order valence-corrected chi connectivity index (χ4v) is 1.07. The number of hydrogen-bond donors (Lipinski definition) is 3. The molecule has 0 saturated heterocycles. The monoisotopic (exact) mass is 246 g/mol. The fraction of sp³-hybridized carbons (Fsp3) is 0.833. The third-order valence-electron chi connectivity index (χ3n) is 2.15. The summed E-state index contributed by atoms with van der Waals surface area (Å²) in [6.07, 6.45) is 8.45. The van der Waals surface area contributed by atoms with Gasteiger partial charge in [0.25, 0.3) is 0 Å². The number of nitrogens with one attached hydrogen (secondary N) is 1. The molecule has 0 fully saturated rings. The molecule has 17 heavy (non-hydrogen) atoms. The average molecular weight is 246 g/mol. The second-order valence-corrected chi connectivity index (χ2v) is 3.97. The second-order valence-electron chi connectivity index (χ2n) is 3.97. The van der Waals surface area contributed by atoms with Gasteiger partial charge in [0, 0.05) is 6.54 Å². The van der Waals surface area contributed by atoms with Crippen LogP contribution < -0.4 is 11.1 Å². The minimum absolute atomic E-state index is 0.731. The van der Waals surface area contributed by atoms with Gasteiger partial charge >= 0.3 is 5.97 Å². The molecule has 4 N–H and O–H groups in total. The van der Waals surface area contributed by atoms with Gasteiger partial charge in [0.05, 0.1) is 0 Å². The van der Waals surface area contributed by atoms with Crippen LogP contribution >= 0.6 is 0 Å². The number of carbonyl (C=O) groups is 2. The van der Waals surface area contributed by atoms with E-state index in [9.17, 15) is 9.59 Å². The van der Waals surface area contributed by atoms with Crippen LogP contribution in [0.4, 0.5) is 0 Å². The normalized spacial score (nSPS) is 11.0. The van der Waals surface area contributed by atoms with Gasteiger partial charge in [-0.15, -0.1) is 0 Å². The van der Waals surface area contributed by atoms with Crippen molar-refractivity contribution >= 4 is 12.4 Å². The molecule has 0 saturated carbocycles. The van der Waals surface area contributed by atoms with E-state index < -0.39 is 12.0 Å². The van der Waals surface area contributed by atoms with Crippen molar-refractivity contribution in [2.45, 2.75) is 58.4 Å². The highest BCUT2D eigenvalue weighted by molar-refractivity contribution is 5.72. The number of carboxylic acid groups (broad SMARTS) is 1. The van der Waals surface area contributed by atoms with Gasteiger partial charge in [0.15, 0.2) is 0 Å². The summed E-state index contributed by atoms with van der Waals surface area (Å²) in [5, 5.41) is 10.5. The minimum atomic E-state index is -0.963. The highest BCUT2D eigenvalue weighted by Crippen LogP contribution is 2.03. The summed E-state index contributed by atoms with van der Waals surface area (Å²) in [7, 11) is 0. The predicted octanol–water partition coefficient (Wildman–Crippen LogP) is 1.51. The summed E-state index contributed by atoms with van der Waals surface area (Å²) in [6.45, 7) is 4.48. The smallest absolute Gasteiger partial charge is 0.320 e. The quantitative estimate of drug-likeness (QED) is 0.425. The molecule has 1 amide bonds. The molecule has 0 aliphatic rings. The van der Waals surface area contributed by atoms with E-state index in [1.807, 2.05) is 0 Å². The lowest BCUT2D eigenvalue weighted by atomic mass is 10.1. The molecule has 0 bridgehead atoms. The molecule has 5 nitrogen and oxygen atoms in total. The Labute approximate surface area is 104 Å². The van der Waals surface area contributed by atoms with Crippen molar-refractivity contribution in [1.29, 1.82) is 0 Å². The van der Waals surface area contributed by atoms with Crippen molar-refractivity contribution in [3.8, 4) is 0 Å². The van der Waals surface area contributed by atoms with E-state index in [2.05, 4.69) is 12.2 Å². The summed E-state index contributed by atoms with van der Waals surface area (Å²) in [4.78, 5) is 19.4. The number of unbranched alkanes of at least 4 members (excludes halogenated alkanes) is 5. The van der Waals surface area contributed by atoms with Crippen molar-refractivity contribution in [2.24, 2.45) is 5.73 Å². The first-order chi connectivity index (χ1) is 8.06. The zero-order valence-corrected chi connectivity index (χ0v) is 10.9. The largest absolute Gasteiger partial charge is 0.480 e. The molecule has 0 unspecified atom stereocenters. The van der Waals surface area contributed by atoms with Gasteiger partial charge in [-0.1, -0.05) is 39.0 Å². The van der Waals surface area contributed by atoms with E-state index in [1.165, 1.54) is 39.0 Å². The number of aliphatic carboxylic acids is 1. The molecule has 0 aliphatic carbocycles. The molecule has 5 heteroatoms. The maximum atomic E-state index is 9.83. The van der Waals surface area contributed by atoms with Crippen LogP contribution in [0.15, 0.2) is 0 Å². The van der Waals surface area contributed by atoms with Gasteiger partial charge in [0.1, 0.15) is 6.04 Å². The van der Waals surface area contributed by atoms with Crippen LogP contribution in [0.1, 0.15) is 52.4 Å². The Morgan fingerprint density at radius 2 is 1.76 bits per heavy atom. The number of carbonyl (C=O) groups excluding carboxylic acids is 1. The summed E-state index contributed by atoms with van der Waals surface area (Å²) in [5.74, 6) is -0.963. The van der Waals surface area contributed by atoms with E-state index >= 15 is 0 Å². The van der Waals surface area contributed by atoms with Crippen LogP contribution in [0.25, 0.3) is 0 Å². The molecule has 0 spiro atoms. The molecule has 0 aromatic heterocycles.